The van der Waals surface area contributed by atoms with Crippen LogP contribution in [-0.2, 0) is 17.7 Å². The van der Waals surface area contributed by atoms with E-state index in [4.69, 9.17) is 19.2 Å². The van der Waals surface area contributed by atoms with Crippen LogP contribution in [0.1, 0.15) is 27.7 Å². The maximum absolute atomic E-state index is 13.2. The lowest BCUT2D eigenvalue weighted by Gasteiger charge is -2.26. The van der Waals surface area contributed by atoms with Gasteiger partial charge in [0, 0.05) is 22.5 Å². The molecule has 1 N–H and O–H groups in total. The van der Waals surface area contributed by atoms with Gasteiger partial charge in [-0.15, -0.1) is 22.7 Å². The summed E-state index contributed by atoms with van der Waals surface area (Å²) in [6.45, 7) is 3.28. The summed E-state index contributed by atoms with van der Waals surface area (Å²) in [7, 11) is 0. The van der Waals surface area contributed by atoms with Crippen LogP contribution in [0.3, 0.4) is 0 Å². The molecule has 0 atom stereocenters. The van der Waals surface area contributed by atoms with Gasteiger partial charge in [0.25, 0.3) is 5.91 Å². The molecular formula is C25H21N3O5S2. The molecule has 4 heterocycles. The van der Waals surface area contributed by atoms with Gasteiger partial charge in [-0.3, -0.25) is 4.79 Å². The molecule has 10 heteroatoms. The maximum Gasteiger partial charge on any atom is 0.410 e. The zero-order valence-corrected chi connectivity index (χ0v) is 20.5. The molecule has 0 aliphatic carbocycles. The Morgan fingerprint density at radius 2 is 2.00 bits per heavy atom. The average molecular weight is 508 g/mol. The van der Waals surface area contributed by atoms with Crippen LogP contribution in [0, 0.1) is 0 Å². The summed E-state index contributed by atoms with van der Waals surface area (Å²) in [5.74, 6) is 0.938. The van der Waals surface area contributed by atoms with E-state index in [2.05, 4.69) is 5.32 Å². The highest BCUT2D eigenvalue weighted by Crippen LogP contribution is 2.46. The predicted molar refractivity (Wildman–Crippen MR) is 135 cm³/mol. The van der Waals surface area contributed by atoms with E-state index >= 15 is 0 Å². The fourth-order valence-corrected chi connectivity index (χ4v) is 6.65. The molecule has 4 aromatic rings. The van der Waals surface area contributed by atoms with Crippen molar-refractivity contribution in [1.82, 2.24) is 9.88 Å². The van der Waals surface area contributed by atoms with Crippen molar-refractivity contribution in [3.8, 4) is 22.1 Å². The fraction of sp³-hybridized carbons (Fsp3) is 0.240. The van der Waals surface area contributed by atoms with Crippen LogP contribution in [0.25, 0.3) is 20.8 Å². The number of thiazole rings is 1. The van der Waals surface area contributed by atoms with Crippen molar-refractivity contribution < 1.29 is 23.8 Å². The molecule has 2 aliphatic heterocycles. The molecule has 2 amide bonds. The molecule has 0 saturated heterocycles. The van der Waals surface area contributed by atoms with Gasteiger partial charge in [-0.2, -0.15) is 0 Å². The zero-order chi connectivity index (χ0) is 23.9. The first-order valence-corrected chi connectivity index (χ1v) is 12.9. The number of rotatable bonds is 4. The van der Waals surface area contributed by atoms with Crippen molar-refractivity contribution in [1.29, 1.82) is 0 Å². The Labute approximate surface area is 209 Å². The van der Waals surface area contributed by atoms with Crippen LogP contribution in [0.2, 0.25) is 0 Å². The number of carbonyl (C=O) groups is 2. The molecule has 2 aromatic carbocycles. The van der Waals surface area contributed by atoms with Crippen LogP contribution in [0.15, 0.2) is 42.5 Å². The number of aromatic nitrogens is 1. The van der Waals surface area contributed by atoms with Crippen LogP contribution in [0.4, 0.5) is 9.80 Å². The summed E-state index contributed by atoms with van der Waals surface area (Å²) in [5, 5.41) is 4.68. The lowest BCUT2D eigenvalue weighted by atomic mass is 10.0. The lowest BCUT2D eigenvalue weighted by Crippen LogP contribution is -2.35. The largest absolute Gasteiger partial charge is 0.454 e. The average Bonchev–Trinajstić information content (AvgIpc) is 3.58. The number of hydrogen-bond donors (Lipinski definition) is 1. The number of hydrogen-bond acceptors (Lipinski definition) is 8. The van der Waals surface area contributed by atoms with Crippen molar-refractivity contribution >= 4 is 49.9 Å². The molecule has 178 valence electrons. The Hall–Kier alpha value is -3.63. The minimum Gasteiger partial charge on any atom is -0.454 e. The third-order valence-corrected chi connectivity index (χ3v) is 8.14. The zero-order valence-electron chi connectivity index (χ0n) is 18.8. The predicted octanol–water partition coefficient (Wildman–Crippen LogP) is 5.52. The molecule has 0 radical (unpaired) electrons. The normalized spacial score (nSPS) is 14.1. The Morgan fingerprint density at radius 1 is 1.14 bits per heavy atom. The van der Waals surface area contributed by atoms with Crippen molar-refractivity contribution in [3.05, 3.63) is 58.5 Å². The minimum atomic E-state index is -0.320. The number of thiophene rings is 1. The van der Waals surface area contributed by atoms with Crippen molar-refractivity contribution in [2.24, 2.45) is 0 Å². The topological polar surface area (TPSA) is 90.0 Å². The molecule has 6 rings (SSSR count). The second-order valence-electron chi connectivity index (χ2n) is 8.09. The van der Waals surface area contributed by atoms with E-state index in [9.17, 15) is 9.59 Å². The number of anilines is 1. The summed E-state index contributed by atoms with van der Waals surface area (Å²) >= 11 is 3.08. The maximum atomic E-state index is 13.2. The Bertz CT molecular complexity index is 1430. The Morgan fingerprint density at radius 3 is 2.86 bits per heavy atom. The lowest BCUT2D eigenvalue weighted by molar-refractivity contribution is 0.102. The number of amides is 2. The molecule has 0 bridgehead atoms. The first kappa shape index (κ1) is 21.9. The first-order chi connectivity index (χ1) is 17.1. The van der Waals surface area contributed by atoms with Gasteiger partial charge in [-0.1, -0.05) is 12.1 Å². The summed E-state index contributed by atoms with van der Waals surface area (Å²) in [6.07, 6.45) is 0.342. The molecule has 0 unspecified atom stereocenters. The van der Waals surface area contributed by atoms with Gasteiger partial charge < -0.3 is 24.4 Å². The first-order valence-electron chi connectivity index (χ1n) is 11.2. The van der Waals surface area contributed by atoms with E-state index in [1.807, 2.05) is 24.3 Å². The van der Waals surface area contributed by atoms with Crippen molar-refractivity contribution in [3.63, 3.8) is 0 Å². The van der Waals surface area contributed by atoms with Gasteiger partial charge in [-0.25, -0.2) is 9.78 Å². The second-order valence-corrected chi connectivity index (χ2v) is 10.2. The second kappa shape index (κ2) is 8.86. The smallest absolute Gasteiger partial charge is 0.410 e. The number of ether oxygens (including phenoxy) is 3. The van der Waals surface area contributed by atoms with Crippen LogP contribution >= 0.6 is 22.7 Å². The van der Waals surface area contributed by atoms with E-state index in [-0.39, 0.29) is 18.8 Å². The van der Waals surface area contributed by atoms with Crippen molar-refractivity contribution in [2.45, 2.75) is 19.9 Å². The summed E-state index contributed by atoms with van der Waals surface area (Å²) < 4.78 is 17.1. The molecule has 0 spiro atoms. The molecular weight excluding hydrogens is 486 g/mol. The van der Waals surface area contributed by atoms with Gasteiger partial charge >= 0.3 is 6.09 Å². The molecule has 35 heavy (non-hydrogen) atoms. The van der Waals surface area contributed by atoms with Gasteiger partial charge in [-0.05, 0) is 49.2 Å². The van der Waals surface area contributed by atoms with Crippen LogP contribution in [-0.4, -0.2) is 41.8 Å². The number of nitrogens with one attached hydrogen (secondary N) is 1. The Balaban J connectivity index is 1.38. The van der Waals surface area contributed by atoms with Crippen LogP contribution < -0.4 is 14.8 Å². The van der Waals surface area contributed by atoms with E-state index in [1.165, 1.54) is 11.3 Å². The molecule has 2 aromatic heterocycles. The molecule has 0 fully saturated rings. The number of fused-ring (bicyclic) bond motifs is 3. The minimum absolute atomic E-state index is 0.150. The highest BCUT2D eigenvalue weighted by atomic mass is 32.1. The summed E-state index contributed by atoms with van der Waals surface area (Å²) in [4.78, 5) is 33.2. The Kier molecular flexibility index (Phi) is 5.54. The van der Waals surface area contributed by atoms with Gasteiger partial charge in [0.1, 0.15) is 10.0 Å². The molecule has 2 aliphatic rings. The number of nitrogens with zero attached hydrogens (tertiary/aromatic N) is 2. The van der Waals surface area contributed by atoms with Crippen LogP contribution in [0.5, 0.6) is 11.5 Å². The van der Waals surface area contributed by atoms with Gasteiger partial charge in [0.15, 0.2) is 11.5 Å². The fourth-order valence-electron chi connectivity index (χ4n) is 4.28. The SMILES string of the molecule is CCOC(=O)N1CCc2c(sc(NC(=O)c3ccc4c(c3)OCO4)c2-c2nc3ccccc3s2)C1. The van der Waals surface area contributed by atoms with E-state index in [0.717, 1.165) is 36.2 Å². The number of carbonyl (C=O) groups excluding carboxylic acids is 2. The number of para-hydroxylation sites is 1. The third-order valence-electron chi connectivity index (χ3n) is 5.95. The van der Waals surface area contributed by atoms with E-state index in [1.54, 1.807) is 41.4 Å². The summed E-state index contributed by atoms with van der Waals surface area (Å²) in [6, 6.07) is 13.1. The van der Waals surface area contributed by atoms with Gasteiger partial charge in [0.2, 0.25) is 6.79 Å². The monoisotopic (exact) mass is 507 g/mol. The highest BCUT2D eigenvalue weighted by Gasteiger charge is 2.30. The quantitative estimate of drug-likeness (QED) is 0.391. The van der Waals surface area contributed by atoms with Gasteiger partial charge in [0.05, 0.1) is 23.4 Å². The third kappa shape index (κ3) is 3.98. The molecule has 8 nitrogen and oxygen atoms in total. The van der Waals surface area contributed by atoms with E-state index in [0.29, 0.717) is 43.2 Å². The van der Waals surface area contributed by atoms with E-state index < -0.39 is 0 Å². The molecule has 0 saturated carbocycles. The highest BCUT2D eigenvalue weighted by molar-refractivity contribution is 7.23. The van der Waals surface area contributed by atoms with Crippen molar-refractivity contribution in [2.75, 3.05) is 25.3 Å². The number of benzene rings is 2. The standard InChI is InChI=1S/C25H21N3O5S2/c1-2-31-25(30)28-10-9-15-20(12-28)35-24(21(15)23-26-16-5-3-4-6-19(16)34-23)27-22(29)14-7-8-17-18(11-14)33-13-32-17/h3-8,11H,2,9-10,12-13H2,1H3,(H,27,29). The summed E-state index contributed by atoms with van der Waals surface area (Å²) in [5.41, 5.74) is 3.45.